The van der Waals surface area contributed by atoms with Crippen LogP contribution in [0.5, 0.6) is 0 Å². The summed E-state index contributed by atoms with van der Waals surface area (Å²) in [5.41, 5.74) is 7.15. The molecule has 0 radical (unpaired) electrons. The standard InChI is InChI=1S/C11H15N3O2S/c1-2-17(15,16)6-5-14-10-4-3-9(8-12)11(13)7-10/h3-4,7,14H,2,5-6,13H2,1H3. The first-order valence-electron chi connectivity index (χ1n) is 5.22. The van der Waals surface area contributed by atoms with Crippen molar-refractivity contribution < 1.29 is 8.42 Å². The summed E-state index contributed by atoms with van der Waals surface area (Å²) in [7, 11) is -2.96. The SMILES string of the molecule is CCS(=O)(=O)CCNc1ccc(C#N)c(N)c1. The minimum atomic E-state index is -2.96. The van der Waals surface area contributed by atoms with Gasteiger partial charge < -0.3 is 11.1 Å². The summed E-state index contributed by atoms with van der Waals surface area (Å²) >= 11 is 0. The average Bonchev–Trinajstić information content (AvgIpc) is 2.29. The Morgan fingerprint density at radius 1 is 1.47 bits per heavy atom. The molecule has 0 aliphatic heterocycles. The Hall–Kier alpha value is -1.74. The number of nitrogens with zero attached hydrogens (tertiary/aromatic N) is 1. The highest BCUT2D eigenvalue weighted by molar-refractivity contribution is 7.91. The van der Waals surface area contributed by atoms with Gasteiger partial charge in [-0.3, -0.25) is 0 Å². The Balaban J connectivity index is 2.60. The molecule has 0 saturated heterocycles. The third-order valence-corrected chi connectivity index (χ3v) is 4.06. The van der Waals surface area contributed by atoms with Crippen LogP contribution in [-0.2, 0) is 9.84 Å². The first-order chi connectivity index (χ1) is 7.98. The minimum Gasteiger partial charge on any atom is -0.398 e. The molecule has 0 heterocycles. The van der Waals surface area contributed by atoms with Crippen molar-refractivity contribution in [2.45, 2.75) is 6.92 Å². The Morgan fingerprint density at radius 3 is 2.71 bits per heavy atom. The van der Waals surface area contributed by atoms with Gasteiger partial charge in [0.15, 0.2) is 9.84 Å². The molecular formula is C11H15N3O2S. The second-order valence-corrected chi connectivity index (χ2v) is 6.05. The molecule has 5 nitrogen and oxygen atoms in total. The fourth-order valence-electron chi connectivity index (χ4n) is 1.27. The Bertz CT molecular complexity index is 532. The molecule has 6 heteroatoms. The van der Waals surface area contributed by atoms with Gasteiger partial charge in [0.1, 0.15) is 6.07 Å². The van der Waals surface area contributed by atoms with E-state index in [1.165, 1.54) is 0 Å². The largest absolute Gasteiger partial charge is 0.398 e. The van der Waals surface area contributed by atoms with Crippen LogP contribution in [0, 0.1) is 11.3 Å². The minimum absolute atomic E-state index is 0.0867. The zero-order valence-electron chi connectivity index (χ0n) is 9.60. The molecule has 0 unspecified atom stereocenters. The maximum atomic E-state index is 11.2. The summed E-state index contributed by atoms with van der Waals surface area (Å²) in [4.78, 5) is 0. The molecule has 0 atom stereocenters. The Kier molecular flexibility index (Phi) is 4.35. The van der Waals surface area contributed by atoms with Crippen molar-refractivity contribution in [3.05, 3.63) is 23.8 Å². The predicted octanol–water partition coefficient (Wildman–Crippen LogP) is 0.987. The number of sulfone groups is 1. The normalized spacial score (nSPS) is 10.8. The van der Waals surface area contributed by atoms with Crippen molar-refractivity contribution in [3.63, 3.8) is 0 Å². The van der Waals surface area contributed by atoms with Crippen LogP contribution in [0.15, 0.2) is 18.2 Å². The maximum Gasteiger partial charge on any atom is 0.151 e. The molecule has 1 aromatic rings. The fourth-order valence-corrected chi connectivity index (χ4v) is 1.97. The van der Waals surface area contributed by atoms with Crippen LogP contribution in [-0.4, -0.2) is 26.5 Å². The van der Waals surface area contributed by atoms with E-state index in [9.17, 15) is 8.42 Å². The van der Waals surface area contributed by atoms with E-state index in [-0.39, 0.29) is 11.5 Å². The van der Waals surface area contributed by atoms with Crippen molar-refractivity contribution in [1.29, 1.82) is 5.26 Å². The van der Waals surface area contributed by atoms with Crippen LogP contribution < -0.4 is 11.1 Å². The maximum absolute atomic E-state index is 11.2. The molecule has 17 heavy (non-hydrogen) atoms. The van der Waals surface area contributed by atoms with Crippen LogP contribution in [0.2, 0.25) is 0 Å². The molecule has 3 N–H and O–H groups in total. The van der Waals surface area contributed by atoms with Gasteiger partial charge in [-0.2, -0.15) is 5.26 Å². The lowest BCUT2D eigenvalue weighted by atomic mass is 10.2. The molecule has 0 bridgehead atoms. The summed E-state index contributed by atoms with van der Waals surface area (Å²) < 4.78 is 22.5. The second-order valence-electron chi connectivity index (χ2n) is 3.58. The molecule has 0 aliphatic carbocycles. The van der Waals surface area contributed by atoms with E-state index in [4.69, 9.17) is 11.0 Å². The Labute approximate surface area is 101 Å². The number of nitrogens with one attached hydrogen (secondary N) is 1. The van der Waals surface area contributed by atoms with Gasteiger partial charge in [-0.1, -0.05) is 6.92 Å². The van der Waals surface area contributed by atoms with Gasteiger partial charge >= 0.3 is 0 Å². The third kappa shape index (κ3) is 3.96. The van der Waals surface area contributed by atoms with Crippen molar-refractivity contribution in [2.75, 3.05) is 29.1 Å². The lowest BCUT2D eigenvalue weighted by Gasteiger charge is -2.07. The number of nitrogens with two attached hydrogens (primary N) is 1. The van der Waals surface area contributed by atoms with Crippen molar-refractivity contribution >= 4 is 21.2 Å². The highest BCUT2D eigenvalue weighted by atomic mass is 32.2. The molecule has 1 aromatic carbocycles. The van der Waals surface area contributed by atoms with E-state index >= 15 is 0 Å². The molecule has 0 aromatic heterocycles. The first kappa shape index (κ1) is 13.3. The van der Waals surface area contributed by atoms with Gasteiger partial charge in [0.05, 0.1) is 17.0 Å². The Morgan fingerprint density at radius 2 is 2.18 bits per heavy atom. The lowest BCUT2D eigenvalue weighted by Crippen LogP contribution is -2.17. The topological polar surface area (TPSA) is 96.0 Å². The second kappa shape index (κ2) is 5.55. The summed E-state index contributed by atoms with van der Waals surface area (Å²) in [6, 6.07) is 6.89. The number of nitrogen functional groups attached to an aromatic ring is 1. The zero-order chi connectivity index (χ0) is 12.9. The van der Waals surface area contributed by atoms with Crippen molar-refractivity contribution in [2.24, 2.45) is 0 Å². The molecule has 92 valence electrons. The monoisotopic (exact) mass is 253 g/mol. The number of anilines is 2. The first-order valence-corrected chi connectivity index (χ1v) is 7.04. The molecule has 0 aliphatic rings. The highest BCUT2D eigenvalue weighted by Gasteiger charge is 2.06. The number of hydrogen-bond donors (Lipinski definition) is 2. The summed E-state index contributed by atoms with van der Waals surface area (Å²) in [6.07, 6.45) is 0. The molecular weight excluding hydrogens is 238 g/mol. The van der Waals surface area contributed by atoms with Gasteiger partial charge in [0, 0.05) is 18.0 Å². The van der Waals surface area contributed by atoms with Crippen LogP contribution in [0.25, 0.3) is 0 Å². The lowest BCUT2D eigenvalue weighted by molar-refractivity contribution is 0.597. The van der Waals surface area contributed by atoms with Crippen molar-refractivity contribution in [1.82, 2.24) is 0 Å². The van der Waals surface area contributed by atoms with E-state index in [1.54, 1.807) is 25.1 Å². The van der Waals surface area contributed by atoms with Crippen LogP contribution in [0.4, 0.5) is 11.4 Å². The van der Waals surface area contributed by atoms with Crippen LogP contribution in [0.1, 0.15) is 12.5 Å². The highest BCUT2D eigenvalue weighted by Crippen LogP contribution is 2.16. The molecule has 0 saturated carbocycles. The van der Waals surface area contributed by atoms with E-state index in [1.807, 2.05) is 6.07 Å². The van der Waals surface area contributed by atoms with Crippen LogP contribution in [0.3, 0.4) is 0 Å². The van der Waals surface area contributed by atoms with Gasteiger partial charge in [0.2, 0.25) is 0 Å². The van der Waals surface area contributed by atoms with Crippen LogP contribution >= 0.6 is 0 Å². The van der Waals surface area contributed by atoms with E-state index in [0.29, 0.717) is 23.5 Å². The zero-order valence-corrected chi connectivity index (χ0v) is 10.4. The van der Waals surface area contributed by atoms with Gasteiger partial charge in [-0.25, -0.2) is 8.42 Å². The van der Waals surface area contributed by atoms with Gasteiger partial charge in [-0.05, 0) is 18.2 Å². The average molecular weight is 253 g/mol. The predicted molar refractivity (Wildman–Crippen MR) is 68.4 cm³/mol. The van der Waals surface area contributed by atoms with Crippen molar-refractivity contribution in [3.8, 4) is 6.07 Å². The molecule has 0 amide bonds. The quantitative estimate of drug-likeness (QED) is 0.763. The van der Waals surface area contributed by atoms with E-state index in [0.717, 1.165) is 0 Å². The third-order valence-electron chi connectivity index (χ3n) is 2.35. The molecule has 0 spiro atoms. The number of benzene rings is 1. The summed E-state index contributed by atoms with van der Waals surface area (Å²) in [5, 5.41) is 11.7. The molecule has 0 fully saturated rings. The smallest absolute Gasteiger partial charge is 0.151 e. The number of nitriles is 1. The fraction of sp³-hybridized carbons (Fsp3) is 0.364. The summed E-state index contributed by atoms with van der Waals surface area (Å²) in [6.45, 7) is 1.95. The van der Waals surface area contributed by atoms with Gasteiger partial charge in [0.25, 0.3) is 0 Å². The van der Waals surface area contributed by atoms with E-state index in [2.05, 4.69) is 5.32 Å². The van der Waals surface area contributed by atoms with Gasteiger partial charge in [-0.15, -0.1) is 0 Å². The summed E-state index contributed by atoms with van der Waals surface area (Å²) in [5.74, 6) is 0.230. The van der Waals surface area contributed by atoms with E-state index < -0.39 is 9.84 Å². The number of hydrogen-bond acceptors (Lipinski definition) is 5. The molecule has 1 rings (SSSR count). The number of rotatable bonds is 5.